The van der Waals surface area contributed by atoms with E-state index in [0.29, 0.717) is 5.25 Å². The van der Waals surface area contributed by atoms with E-state index in [9.17, 15) is 13.2 Å². The largest absolute Gasteiger partial charge is 0.317 e. The van der Waals surface area contributed by atoms with Gasteiger partial charge >= 0.3 is 0 Å². The number of thioether (sulfide) groups is 1. The molecule has 0 bridgehead atoms. The maximum Gasteiger partial charge on any atom is 0.243 e. The average molecular weight is 266 g/mol. The molecule has 1 fully saturated rings. The average Bonchev–Trinajstić information content (AvgIpc) is 2.27. The van der Waals surface area contributed by atoms with Crippen molar-refractivity contribution in [2.45, 2.75) is 25.0 Å². The Hall–Kier alpha value is -0.270. The van der Waals surface area contributed by atoms with Crippen molar-refractivity contribution in [2.75, 3.05) is 24.6 Å². The van der Waals surface area contributed by atoms with Crippen LogP contribution in [0.1, 0.15) is 19.8 Å². The molecule has 2 N–H and O–H groups in total. The van der Waals surface area contributed by atoms with Crippen LogP contribution >= 0.6 is 11.8 Å². The van der Waals surface area contributed by atoms with Crippen LogP contribution in [0.25, 0.3) is 0 Å². The summed E-state index contributed by atoms with van der Waals surface area (Å²) in [6, 6.07) is 0. The van der Waals surface area contributed by atoms with E-state index >= 15 is 0 Å². The van der Waals surface area contributed by atoms with Crippen molar-refractivity contribution in [3.8, 4) is 0 Å². The Morgan fingerprint density at radius 1 is 1.44 bits per heavy atom. The molecule has 0 radical (unpaired) electrons. The summed E-state index contributed by atoms with van der Waals surface area (Å²) in [5.41, 5.74) is 0. The summed E-state index contributed by atoms with van der Waals surface area (Å²) in [6.45, 7) is 3.47. The fourth-order valence-electron chi connectivity index (χ4n) is 1.43. The highest BCUT2D eigenvalue weighted by Gasteiger charge is 2.17. The van der Waals surface area contributed by atoms with Crippen LogP contribution in [0.2, 0.25) is 0 Å². The van der Waals surface area contributed by atoms with Gasteiger partial charge in [-0.15, -0.1) is 11.8 Å². The van der Waals surface area contributed by atoms with Crippen molar-refractivity contribution < 1.29 is 13.2 Å². The molecule has 0 spiro atoms. The molecule has 1 amide bonds. The molecule has 7 heteroatoms. The van der Waals surface area contributed by atoms with Gasteiger partial charge in [-0.2, -0.15) is 0 Å². The lowest BCUT2D eigenvalue weighted by atomic mass is 10.2. The van der Waals surface area contributed by atoms with Crippen LogP contribution in [0, 0.1) is 0 Å². The summed E-state index contributed by atoms with van der Waals surface area (Å²) >= 11 is 1.54. The minimum atomic E-state index is -3.40. The van der Waals surface area contributed by atoms with Gasteiger partial charge in [-0.05, 0) is 32.9 Å². The van der Waals surface area contributed by atoms with E-state index in [1.165, 1.54) is 6.92 Å². The number of sulfonamides is 1. The quantitative estimate of drug-likeness (QED) is 0.729. The van der Waals surface area contributed by atoms with E-state index in [4.69, 9.17) is 0 Å². The van der Waals surface area contributed by atoms with Crippen LogP contribution in [0.3, 0.4) is 0 Å². The van der Waals surface area contributed by atoms with Gasteiger partial charge in [0.1, 0.15) is 0 Å². The second kappa shape index (κ2) is 6.46. The van der Waals surface area contributed by atoms with Gasteiger partial charge < -0.3 is 5.32 Å². The van der Waals surface area contributed by atoms with Crippen LogP contribution in [0.5, 0.6) is 0 Å². The van der Waals surface area contributed by atoms with Crippen molar-refractivity contribution in [1.29, 1.82) is 0 Å². The Bertz CT molecular complexity index is 324. The number of nitrogens with one attached hydrogen (secondary N) is 2. The van der Waals surface area contributed by atoms with Gasteiger partial charge in [-0.25, -0.2) is 8.42 Å². The second-order valence-electron chi connectivity index (χ2n) is 3.69. The molecule has 5 nitrogen and oxygen atoms in total. The number of carbonyl (C=O) groups is 1. The minimum absolute atomic E-state index is 0.0588. The van der Waals surface area contributed by atoms with Crippen molar-refractivity contribution in [3.05, 3.63) is 0 Å². The highest BCUT2D eigenvalue weighted by Crippen LogP contribution is 2.19. The molecule has 94 valence electrons. The van der Waals surface area contributed by atoms with Gasteiger partial charge in [-0.3, -0.25) is 9.52 Å². The van der Waals surface area contributed by atoms with Crippen LogP contribution in [0.15, 0.2) is 0 Å². The van der Waals surface area contributed by atoms with Crippen LogP contribution < -0.4 is 10.0 Å². The predicted octanol–water partition coefficient (Wildman–Crippen LogP) is -0.0625. The zero-order valence-corrected chi connectivity index (χ0v) is 11.0. The Balaban J connectivity index is 2.24. The third-order valence-electron chi connectivity index (χ3n) is 2.39. The lowest BCUT2D eigenvalue weighted by Gasteiger charge is -2.21. The first-order chi connectivity index (χ1) is 7.53. The summed E-state index contributed by atoms with van der Waals surface area (Å²) < 4.78 is 24.3. The first-order valence-corrected chi connectivity index (χ1v) is 8.09. The lowest BCUT2D eigenvalue weighted by molar-refractivity contribution is -0.116. The van der Waals surface area contributed by atoms with E-state index in [1.807, 2.05) is 4.72 Å². The van der Waals surface area contributed by atoms with Crippen molar-refractivity contribution >= 4 is 27.7 Å². The molecular formula is C9H18N2O3S2. The standard InChI is InChI=1S/C9H18N2O3S2/c1-2-16(13,14)11-9(12)7-15-8-3-5-10-6-4-8/h8,10H,2-7H2,1H3,(H,11,12). The van der Waals surface area contributed by atoms with Crippen LogP contribution in [-0.2, 0) is 14.8 Å². The molecule has 1 aliphatic heterocycles. The lowest BCUT2D eigenvalue weighted by Crippen LogP contribution is -2.34. The Labute approximate surface area is 101 Å². The first kappa shape index (κ1) is 13.8. The van der Waals surface area contributed by atoms with E-state index in [1.54, 1.807) is 11.8 Å². The van der Waals surface area contributed by atoms with Gasteiger partial charge in [0.15, 0.2) is 0 Å². The minimum Gasteiger partial charge on any atom is -0.317 e. The molecule has 1 heterocycles. The van der Waals surface area contributed by atoms with Crippen molar-refractivity contribution in [2.24, 2.45) is 0 Å². The Morgan fingerprint density at radius 2 is 2.06 bits per heavy atom. The Morgan fingerprint density at radius 3 is 2.62 bits per heavy atom. The fourth-order valence-corrected chi connectivity index (χ4v) is 3.11. The molecule has 0 aromatic rings. The molecular weight excluding hydrogens is 248 g/mol. The maximum atomic E-state index is 11.3. The second-order valence-corrected chi connectivity index (χ2v) is 6.99. The zero-order valence-electron chi connectivity index (χ0n) is 9.36. The fraction of sp³-hybridized carbons (Fsp3) is 0.889. The maximum absolute atomic E-state index is 11.3. The number of hydrogen-bond acceptors (Lipinski definition) is 5. The number of amides is 1. The molecule has 0 atom stereocenters. The van der Waals surface area contributed by atoms with E-state index in [2.05, 4.69) is 5.32 Å². The summed E-state index contributed by atoms with van der Waals surface area (Å²) in [5.74, 6) is -0.244. The van der Waals surface area contributed by atoms with E-state index < -0.39 is 15.9 Å². The third-order valence-corrected chi connectivity index (χ3v) is 5.06. The van der Waals surface area contributed by atoms with Crippen molar-refractivity contribution in [1.82, 2.24) is 10.0 Å². The molecule has 0 unspecified atom stereocenters. The first-order valence-electron chi connectivity index (χ1n) is 5.39. The normalized spacial score (nSPS) is 18.3. The summed E-state index contributed by atoms with van der Waals surface area (Å²) in [6.07, 6.45) is 2.08. The number of piperidine rings is 1. The van der Waals surface area contributed by atoms with Gasteiger partial charge in [0, 0.05) is 5.25 Å². The highest BCUT2D eigenvalue weighted by atomic mass is 32.2. The van der Waals surface area contributed by atoms with Gasteiger partial charge in [0.25, 0.3) is 0 Å². The molecule has 1 rings (SSSR count). The topological polar surface area (TPSA) is 75.3 Å². The zero-order chi connectivity index (χ0) is 12.0. The van der Waals surface area contributed by atoms with E-state index in [0.717, 1.165) is 25.9 Å². The smallest absolute Gasteiger partial charge is 0.243 e. The highest BCUT2D eigenvalue weighted by molar-refractivity contribution is 8.00. The van der Waals surface area contributed by atoms with Gasteiger partial charge in [0.2, 0.25) is 15.9 Å². The molecule has 1 saturated heterocycles. The van der Waals surface area contributed by atoms with Crippen molar-refractivity contribution in [3.63, 3.8) is 0 Å². The number of hydrogen-bond donors (Lipinski definition) is 2. The van der Waals surface area contributed by atoms with Crippen LogP contribution in [-0.4, -0.2) is 44.2 Å². The van der Waals surface area contributed by atoms with Gasteiger partial charge in [-0.1, -0.05) is 0 Å². The summed E-state index contributed by atoms with van der Waals surface area (Å²) in [5, 5.41) is 3.71. The van der Waals surface area contributed by atoms with E-state index in [-0.39, 0.29) is 11.5 Å². The summed E-state index contributed by atoms with van der Waals surface area (Å²) in [4.78, 5) is 11.3. The third kappa shape index (κ3) is 5.18. The number of carbonyl (C=O) groups excluding carboxylic acids is 1. The van der Waals surface area contributed by atoms with Gasteiger partial charge in [0.05, 0.1) is 11.5 Å². The molecule has 1 aliphatic rings. The molecule has 16 heavy (non-hydrogen) atoms. The SMILES string of the molecule is CCS(=O)(=O)NC(=O)CSC1CCNCC1. The summed E-state index contributed by atoms with van der Waals surface area (Å²) in [7, 11) is -3.40. The van der Waals surface area contributed by atoms with Crippen LogP contribution in [0.4, 0.5) is 0 Å². The monoisotopic (exact) mass is 266 g/mol. The molecule has 0 aromatic heterocycles. The molecule has 0 aliphatic carbocycles. The number of rotatable bonds is 5. The molecule has 0 saturated carbocycles. The predicted molar refractivity (Wildman–Crippen MR) is 66.0 cm³/mol. The Kier molecular flexibility index (Phi) is 5.57. The molecule has 0 aromatic carbocycles.